The number of nitrogens with one attached hydrogen (secondary N) is 1. The van der Waals surface area contributed by atoms with Crippen LogP contribution >= 0.6 is 11.3 Å². The van der Waals surface area contributed by atoms with Gasteiger partial charge in [0.1, 0.15) is 4.21 Å². The van der Waals surface area contributed by atoms with Crippen molar-refractivity contribution in [3.63, 3.8) is 0 Å². The minimum atomic E-state index is -3.60. The lowest BCUT2D eigenvalue weighted by Crippen LogP contribution is -2.47. The molecule has 2 N–H and O–H groups in total. The topological polar surface area (TPSA) is 83.5 Å². The van der Waals surface area contributed by atoms with Crippen molar-refractivity contribution in [2.45, 2.75) is 41.9 Å². The third kappa shape index (κ3) is 2.90. The van der Waals surface area contributed by atoms with Crippen molar-refractivity contribution < 1.29 is 18.3 Å². The van der Waals surface area contributed by atoms with Gasteiger partial charge in [0.05, 0.1) is 6.42 Å². The van der Waals surface area contributed by atoms with Crippen LogP contribution in [0, 0.1) is 0 Å². The molecule has 0 spiro atoms. The lowest BCUT2D eigenvalue weighted by atomic mass is 9.95. The van der Waals surface area contributed by atoms with Gasteiger partial charge >= 0.3 is 5.97 Å². The van der Waals surface area contributed by atoms with Crippen LogP contribution in [0.3, 0.4) is 0 Å². The van der Waals surface area contributed by atoms with Crippen molar-refractivity contribution in [2.24, 2.45) is 0 Å². The Hall–Kier alpha value is -0.920. The Bertz CT molecular complexity index is 515. The van der Waals surface area contributed by atoms with E-state index in [1.807, 2.05) is 0 Å². The first-order valence-corrected chi connectivity index (χ1v) is 8.09. The second kappa shape index (κ2) is 4.99. The third-order valence-electron chi connectivity index (χ3n) is 3.16. The second-order valence-electron chi connectivity index (χ2n) is 4.60. The first-order valence-electron chi connectivity index (χ1n) is 5.73. The summed E-state index contributed by atoms with van der Waals surface area (Å²) in [6.45, 7) is 0. The zero-order valence-electron chi connectivity index (χ0n) is 9.76. The van der Waals surface area contributed by atoms with Gasteiger partial charge in [0.2, 0.25) is 0 Å². The molecule has 1 fully saturated rings. The quantitative estimate of drug-likeness (QED) is 0.866. The molecule has 7 heteroatoms. The molecular weight excluding hydrogens is 274 g/mol. The minimum absolute atomic E-state index is 0.155. The average Bonchev–Trinajstić information content (AvgIpc) is 2.86. The molecule has 5 nitrogen and oxygen atoms in total. The van der Waals surface area contributed by atoms with Gasteiger partial charge in [0.15, 0.2) is 0 Å². The summed E-state index contributed by atoms with van der Waals surface area (Å²) >= 11 is 1.13. The Labute approximate surface area is 110 Å². The smallest absolute Gasteiger partial charge is 0.305 e. The summed E-state index contributed by atoms with van der Waals surface area (Å²) in [6, 6.07) is 3.19. The Morgan fingerprint density at radius 3 is 2.61 bits per heavy atom. The molecule has 0 amide bonds. The lowest BCUT2D eigenvalue weighted by Gasteiger charge is -2.27. The average molecular weight is 289 g/mol. The number of carboxylic acids is 1. The maximum absolute atomic E-state index is 12.1. The molecule has 1 aromatic heterocycles. The highest BCUT2D eigenvalue weighted by Crippen LogP contribution is 2.34. The maximum Gasteiger partial charge on any atom is 0.305 e. The monoisotopic (exact) mass is 289 g/mol. The zero-order valence-corrected chi connectivity index (χ0v) is 11.4. The van der Waals surface area contributed by atoms with Crippen molar-refractivity contribution in [3.05, 3.63) is 17.5 Å². The summed E-state index contributed by atoms with van der Waals surface area (Å²) in [5, 5.41) is 10.6. The Morgan fingerprint density at radius 1 is 1.44 bits per heavy atom. The number of carbonyl (C=O) groups is 1. The molecule has 18 heavy (non-hydrogen) atoms. The molecule has 1 heterocycles. The number of hydrogen-bond acceptors (Lipinski definition) is 4. The number of sulfonamides is 1. The normalized spacial score (nSPS) is 18.9. The fourth-order valence-corrected chi connectivity index (χ4v) is 4.86. The molecule has 100 valence electrons. The van der Waals surface area contributed by atoms with Crippen molar-refractivity contribution in [1.82, 2.24) is 4.72 Å². The van der Waals surface area contributed by atoms with Crippen LogP contribution in [0.15, 0.2) is 21.7 Å². The highest BCUT2D eigenvalue weighted by Gasteiger charge is 2.40. The predicted octanol–water partition coefficient (Wildman–Crippen LogP) is 1.81. The first kappa shape index (κ1) is 13.5. The predicted molar refractivity (Wildman–Crippen MR) is 68.1 cm³/mol. The number of hydrogen-bond donors (Lipinski definition) is 2. The van der Waals surface area contributed by atoms with Crippen molar-refractivity contribution in [1.29, 1.82) is 0 Å². The van der Waals surface area contributed by atoms with Gasteiger partial charge in [0, 0.05) is 5.54 Å². The zero-order chi connectivity index (χ0) is 13.2. The van der Waals surface area contributed by atoms with E-state index in [9.17, 15) is 13.2 Å². The van der Waals surface area contributed by atoms with Crippen LogP contribution in [0.2, 0.25) is 0 Å². The molecule has 0 unspecified atom stereocenters. The molecule has 0 radical (unpaired) electrons. The van der Waals surface area contributed by atoms with E-state index in [0.717, 1.165) is 24.2 Å². The summed E-state index contributed by atoms with van der Waals surface area (Å²) in [6.07, 6.45) is 2.74. The molecule has 0 aliphatic heterocycles. The first-order chi connectivity index (χ1) is 8.44. The van der Waals surface area contributed by atoms with Gasteiger partial charge in [-0.1, -0.05) is 18.9 Å². The van der Waals surface area contributed by atoms with E-state index in [-0.39, 0.29) is 10.6 Å². The van der Waals surface area contributed by atoms with E-state index in [0.29, 0.717) is 12.8 Å². The van der Waals surface area contributed by atoms with Crippen molar-refractivity contribution >= 4 is 27.3 Å². The molecule has 1 aromatic rings. The number of rotatable bonds is 5. The summed E-state index contributed by atoms with van der Waals surface area (Å²) in [5.74, 6) is -0.967. The number of carboxylic acid groups (broad SMARTS) is 1. The molecule has 2 rings (SSSR count). The minimum Gasteiger partial charge on any atom is -0.481 e. The van der Waals surface area contributed by atoms with E-state index < -0.39 is 21.5 Å². The van der Waals surface area contributed by atoms with E-state index in [1.165, 1.54) is 6.07 Å². The van der Waals surface area contributed by atoms with Crippen LogP contribution in [-0.2, 0) is 14.8 Å². The summed E-state index contributed by atoms with van der Waals surface area (Å²) in [5.41, 5.74) is -0.811. The van der Waals surface area contributed by atoms with Gasteiger partial charge in [-0.15, -0.1) is 11.3 Å². The number of aliphatic carboxylic acids is 1. The Kier molecular flexibility index (Phi) is 3.74. The molecule has 0 aromatic carbocycles. The Morgan fingerprint density at radius 2 is 2.11 bits per heavy atom. The molecule has 1 saturated carbocycles. The molecule has 0 bridgehead atoms. The molecule has 1 aliphatic rings. The summed E-state index contributed by atoms with van der Waals surface area (Å²) in [7, 11) is -3.60. The molecule has 0 atom stereocenters. The molecule has 0 saturated heterocycles. The van der Waals surface area contributed by atoms with E-state index in [1.54, 1.807) is 11.4 Å². The van der Waals surface area contributed by atoms with Crippen LogP contribution in [0.5, 0.6) is 0 Å². The standard InChI is InChI=1S/C11H15NO4S2/c13-9(14)8-11(5-1-2-6-11)12-18(15,16)10-4-3-7-17-10/h3-4,7,12H,1-2,5-6,8H2,(H,13,14). The van der Waals surface area contributed by atoms with Crippen LogP contribution < -0.4 is 4.72 Å². The van der Waals surface area contributed by atoms with Crippen LogP contribution in [0.4, 0.5) is 0 Å². The highest BCUT2D eigenvalue weighted by atomic mass is 32.2. The SMILES string of the molecule is O=C(O)CC1(NS(=O)(=O)c2cccs2)CCCC1. The van der Waals surface area contributed by atoms with Gasteiger partial charge in [-0.25, -0.2) is 13.1 Å². The molecule has 1 aliphatic carbocycles. The van der Waals surface area contributed by atoms with Crippen molar-refractivity contribution in [2.75, 3.05) is 0 Å². The third-order valence-corrected chi connectivity index (χ3v) is 6.14. The largest absolute Gasteiger partial charge is 0.481 e. The van der Waals surface area contributed by atoms with Crippen LogP contribution in [0.25, 0.3) is 0 Å². The summed E-state index contributed by atoms with van der Waals surface area (Å²) < 4.78 is 27.1. The van der Waals surface area contributed by atoms with E-state index in [4.69, 9.17) is 5.11 Å². The highest BCUT2D eigenvalue weighted by molar-refractivity contribution is 7.91. The van der Waals surface area contributed by atoms with Gasteiger partial charge in [-0.2, -0.15) is 0 Å². The van der Waals surface area contributed by atoms with E-state index >= 15 is 0 Å². The maximum atomic E-state index is 12.1. The second-order valence-corrected chi connectivity index (χ2v) is 7.45. The van der Waals surface area contributed by atoms with E-state index in [2.05, 4.69) is 4.72 Å². The molecular formula is C11H15NO4S2. The van der Waals surface area contributed by atoms with Crippen LogP contribution in [0.1, 0.15) is 32.1 Å². The van der Waals surface area contributed by atoms with Gasteiger partial charge < -0.3 is 5.11 Å². The fourth-order valence-electron chi connectivity index (χ4n) is 2.41. The van der Waals surface area contributed by atoms with Crippen LogP contribution in [-0.4, -0.2) is 25.0 Å². The fraction of sp³-hybridized carbons (Fsp3) is 0.545. The Balaban J connectivity index is 2.22. The van der Waals surface area contributed by atoms with Crippen molar-refractivity contribution in [3.8, 4) is 0 Å². The van der Waals surface area contributed by atoms with Gasteiger partial charge in [0.25, 0.3) is 10.0 Å². The van der Waals surface area contributed by atoms with Gasteiger partial charge in [-0.3, -0.25) is 4.79 Å². The van der Waals surface area contributed by atoms with Gasteiger partial charge in [-0.05, 0) is 24.3 Å². The number of thiophene rings is 1. The lowest BCUT2D eigenvalue weighted by molar-refractivity contribution is -0.138. The summed E-state index contributed by atoms with van der Waals surface area (Å²) in [4.78, 5) is 10.9.